The van der Waals surface area contributed by atoms with E-state index >= 15 is 0 Å². The van der Waals surface area contributed by atoms with Crippen LogP contribution in [0.3, 0.4) is 0 Å². The van der Waals surface area contributed by atoms with Gasteiger partial charge in [0.2, 0.25) is 5.16 Å². The Labute approximate surface area is 186 Å². The molecule has 0 amide bonds. The summed E-state index contributed by atoms with van der Waals surface area (Å²) in [6.07, 6.45) is 0. The highest BCUT2D eigenvalue weighted by atomic mass is 35.5. The number of hydrogen-bond acceptors (Lipinski definition) is 8. The van der Waals surface area contributed by atoms with Crippen molar-refractivity contribution in [2.75, 3.05) is 14.2 Å². The summed E-state index contributed by atoms with van der Waals surface area (Å²) in [6.45, 7) is 0. The van der Waals surface area contributed by atoms with Gasteiger partial charge in [-0.25, -0.2) is 15.0 Å². The first-order valence-corrected chi connectivity index (χ1v) is 10.8. The fraction of sp³-hybridized carbons (Fsp3) is 0.100. The van der Waals surface area contributed by atoms with Crippen molar-refractivity contribution < 1.29 is 9.47 Å². The van der Waals surface area contributed by atoms with Crippen LogP contribution in [0.15, 0.2) is 74.8 Å². The quantitative estimate of drug-likeness (QED) is 0.298. The lowest BCUT2D eigenvalue weighted by Gasteiger charge is -2.06. The van der Waals surface area contributed by atoms with Gasteiger partial charge >= 0.3 is 0 Å². The molecule has 4 aromatic rings. The Hall–Kier alpha value is -2.75. The Bertz CT molecular complexity index is 1130. The molecule has 0 saturated heterocycles. The van der Waals surface area contributed by atoms with Crippen molar-refractivity contribution in [3.8, 4) is 22.9 Å². The van der Waals surface area contributed by atoms with Crippen molar-refractivity contribution in [2.24, 2.45) is 0 Å². The minimum atomic E-state index is 0.360. The third-order valence-electron chi connectivity index (χ3n) is 3.89. The molecule has 0 fully saturated rings. The number of halogens is 1. The van der Waals surface area contributed by atoms with Crippen LogP contribution < -0.4 is 9.47 Å². The van der Waals surface area contributed by atoms with Gasteiger partial charge in [-0.1, -0.05) is 29.8 Å². The van der Waals surface area contributed by atoms with E-state index in [1.165, 1.54) is 23.5 Å². The third kappa shape index (κ3) is 5.05. The molecule has 0 atom stereocenters. The first-order chi connectivity index (χ1) is 14.6. The summed E-state index contributed by atoms with van der Waals surface area (Å²) in [7, 11) is 3.20. The van der Waals surface area contributed by atoms with Crippen LogP contribution in [0.25, 0.3) is 11.4 Å². The molecule has 0 unspecified atom stereocenters. The maximum absolute atomic E-state index is 6.20. The van der Waals surface area contributed by atoms with Gasteiger partial charge in [0.05, 0.1) is 14.2 Å². The summed E-state index contributed by atoms with van der Waals surface area (Å²) in [5, 5.41) is 9.30. The molecule has 30 heavy (non-hydrogen) atoms. The maximum Gasteiger partial charge on any atom is 0.215 e. The Morgan fingerprint density at radius 1 is 0.833 bits per heavy atom. The molecule has 2 heterocycles. The Balaban J connectivity index is 1.55. The molecule has 0 aliphatic heterocycles. The van der Waals surface area contributed by atoms with Crippen LogP contribution in [0.2, 0.25) is 5.15 Å². The monoisotopic (exact) mass is 457 g/mol. The third-order valence-corrected chi connectivity index (χ3v) is 5.74. The van der Waals surface area contributed by atoms with Gasteiger partial charge in [0.1, 0.15) is 21.7 Å². The van der Waals surface area contributed by atoms with Crippen LogP contribution in [0.4, 0.5) is 0 Å². The molecule has 1 N–H and O–H groups in total. The number of benzene rings is 2. The van der Waals surface area contributed by atoms with E-state index in [2.05, 4.69) is 25.1 Å². The molecule has 10 heteroatoms. The van der Waals surface area contributed by atoms with E-state index in [0.717, 1.165) is 10.5 Å². The van der Waals surface area contributed by atoms with Crippen molar-refractivity contribution in [1.29, 1.82) is 0 Å². The standard InChI is InChI=1S/C20H16ClN5O2S2/c1-27-13-8-12(9-14(10-13)28-2)18-24-20(26-25-18)30-17-11-16(21)22-19(23-17)29-15-6-4-3-5-7-15/h3-11H,1-2H3,(H,24,25,26). The molecular weight excluding hydrogens is 442 g/mol. The topological polar surface area (TPSA) is 85.8 Å². The largest absolute Gasteiger partial charge is 0.497 e. The highest BCUT2D eigenvalue weighted by Crippen LogP contribution is 2.32. The number of aromatic amines is 1. The SMILES string of the molecule is COc1cc(OC)cc(-c2nc(Sc3cc(Cl)nc(Sc4ccccc4)n3)n[nH]2)c1. The van der Waals surface area contributed by atoms with Gasteiger partial charge in [-0.2, -0.15) is 0 Å². The van der Waals surface area contributed by atoms with Crippen LogP contribution in [0, 0.1) is 0 Å². The van der Waals surface area contributed by atoms with Crippen molar-refractivity contribution in [3.63, 3.8) is 0 Å². The molecule has 0 spiro atoms. The van der Waals surface area contributed by atoms with E-state index in [0.29, 0.717) is 37.8 Å². The van der Waals surface area contributed by atoms with Crippen molar-refractivity contribution in [1.82, 2.24) is 25.1 Å². The fourth-order valence-corrected chi connectivity index (χ4v) is 4.39. The molecule has 2 aromatic heterocycles. The lowest BCUT2D eigenvalue weighted by Crippen LogP contribution is -1.90. The normalized spacial score (nSPS) is 10.8. The van der Waals surface area contributed by atoms with E-state index in [4.69, 9.17) is 21.1 Å². The van der Waals surface area contributed by atoms with Gasteiger partial charge in [0.25, 0.3) is 0 Å². The molecule has 2 aromatic carbocycles. The summed E-state index contributed by atoms with van der Waals surface area (Å²) in [6, 6.07) is 17.1. The fourth-order valence-electron chi connectivity index (χ4n) is 2.53. The average molecular weight is 458 g/mol. The number of rotatable bonds is 7. The number of H-pyrrole nitrogens is 1. The average Bonchev–Trinajstić information content (AvgIpc) is 3.22. The van der Waals surface area contributed by atoms with E-state index in [-0.39, 0.29) is 0 Å². The van der Waals surface area contributed by atoms with Crippen LogP contribution >= 0.6 is 35.1 Å². The van der Waals surface area contributed by atoms with Crippen LogP contribution in [-0.4, -0.2) is 39.4 Å². The molecule has 0 saturated carbocycles. The lowest BCUT2D eigenvalue weighted by atomic mass is 10.2. The molecule has 152 valence electrons. The molecule has 0 radical (unpaired) electrons. The molecule has 4 rings (SSSR count). The van der Waals surface area contributed by atoms with Crippen molar-refractivity contribution in [2.45, 2.75) is 20.2 Å². The number of ether oxygens (including phenoxy) is 2. The van der Waals surface area contributed by atoms with Gasteiger partial charge in [-0.05, 0) is 47.8 Å². The summed E-state index contributed by atoms with van der Waals surface area (Å²) < 4.78 is 10.6. The second kappa shape index (κ2) is 9.38. The molecular formula is C20H16ClN5O2S2. The van der Waals surface area contributed by atoms with Gasteiger partial charge in [0.15, 0.2) is 11.0 Å². The zero-order valence-corrected chi connectivity index (χ0v) is 18.4. The summed E-state index contributed by atoms with van der Waals surface area (Å²) in [5.41, 5.74) is 0.798. The van der Waals surface area contributed by atoms with Gasteiger partial charge < -0.3 is 9.47 Å². The first-order valence-electron chi connectivity index (χ1n) is 8.74. The van der Waals surface area contributed by atoms with E-state index in [1.54, 1.807) is 26.4 Å². The molecule has 0 bridgehead atoms. The lowest BCUT2D eigenvalue weighted by molar-refractivity contribution is 0.394. The predicted molar refractivity (Wildman–Crippen MR) is 117 cm³/mol. The van der Waals surface area contributed by atoms with Gasteiger partial charge in [-0.15, -0.1) is 5.10 Å². The van der Waals surface area contributed by atoms with Gasteiger partial charge in [0, 0.05) is 22.6 Å². The highest BCUT2D eigenvalue weighted by Gasteiger charge is 2.13. The van der Waals surface area contributed by atoms with Crippen LogP contribution in [0.1, 0.15) is 0 Å². The van der Waals surface area contributed by atoms with Crippen LogP contribution in [-0.2, 0) is 0 Å². The molecule has 0 aliphatic rings. The second-order valence-electron chi connectivity index (χ2n) is 5.90. The second-order valence-corrected chi connectivity index (χ2v) is 8.31. The summed E-state index contributed by atoms with van der Waals surface area (Å²) >= 11 is 8.93. The minimum Gasteiger partial charge on any atom is -0.497 e. The predicted octanol–water partition coefficient (Wildman–Crippen LogP) is 5.23. The number of methoxy groups -OCH3 is 2. The molecule has 7 nitrogen and oxygen atoms in total. The maximum atomic E-state index is 6.20. The first kappa shape index (κ1) is 20.5. The van der Waals surface area contributed by atoms with Gasteiger partial charge in [-0.3, -0.25) is 5.10 Å². The number of hydrogen-bond donors (Lipinski definition) is 1. The minimum absolute atomic E-state index is 0.360. The Kier molecular flexibility index (Phi) is 6.41. The zero-order valence-electron chi connectivity index (χ0n) is 16.0. The van der Waals surface area contributed by atoms with Crippen LogP contribution in [0.5, 0.6) is 11.5 Å². The van der Waals surface area contributed by atoms with Crippen molar-refractivity contribution >= 4 is 35.1 Å². The number of aromatic nitrogens is 5. The van der Waals surface area contributed by atoms with E-state index in [9.17, 15) is 0 Å². The molecule has 0 aliphatic carbocycles. The number of nitrogens with zero attached hydrogens (tertiary/aromatic N) is 4. The smallest absolute Gasteiger partial charge is 0.215 e. The van der Waals surface area contributed by atoms with Crippen molar-refractivity contribution in [3.05, 3.63) is 59.8 Å². The van der Waals surface area contributed by atoms with E-state index < -0.39 is 0 Å². The Morgan fingerprint density at radius 2 is 1.57 bits per heavy atom. The van der Waals surface area contributed by atoms with E-state index in [1.807, 2.05) is 42.5 Å². The Morgan fingerprint density at radius 3 is 2.27 bits per heavy atom. The number of nitrogens with one attached hydrogen (secondary N) is 1. The summed E-state index contributed by atoms with van der Waals surface area (Å²) in [5.74, 6) is 1.92. The zero-order chi connectivity index (χ0) is 20.9. The highest BCUT2D eigenvalue weighted by molar-refractivity contribution is 7.99. The summed E-state index contributed by atoms with van der Waals surface area (Å²) in [4.78, 5) is 14.4.